The zero-order valence-corrected chi connectivity index (χ0v) is 24.1. The van der Waals surface area contributed by atoms with E-state index in [9.17, 15) is 18.0 Å². The summed E-state index contributed by atoms with van der Waals surface area (Å²) in [6, 6.07) is 13.7. The van der Waals surface area contributed by atoms with Crippen LogP contribution in [-0.2, 0) is 6.54 Å². The minimum atomic E-state index is -3.11. The van der Waals surface area contributed by atoms with E-state index in [-0.39, 0.29) is 18.0 Å². The van der Waals surface area contributed by atoms with Gasteiger partial charge in [0.05, 0.1) is 22.5 Å². The molecular formula is C33H31F3N6O2. The van der Waals surface area contributed by atoms with E-state index in [1.54, 1.807) is 10.6 Å². The number of carbonyl (C=O) groups excluding carboxylic acids is 1. The first kappa shape index (κ1) is 27.2. The predicted molar refractivity (Wildman–Crippen MR) is 159 cm³/mol. The zero-order chi connectivity index (χ0) is 30.3. The molecule has 11 heteroatoms. The molecule has 2 saturated carbocycles. The number of pyridine rings is 2. The van der Waals surface area contributed by atoms with Gasteiger partial charge < -0.3 is 19.9 Å². The number of aryl methyl sites for hydroxylation is 1. The molecule has 1 aromatic carbocycles. The van der Waals surface area contributed by atoms with Gasteiger partial charge in [-0.25, -0.2) is 13.9 Å². The Kier molecular flexibility index (Phi) is 6.23. The number of hydrogen-bond acceptors (Lipinski definition) is 5. The molecule has 5 heterocycles. The highest BCUT2D eigenvalue weighted by Crippen LogP contribution is 2.39. The third kappa shape index (κ3) is 4.44. The van der Waals surface area contributed by atoms with Crippen LogP contribution in [-0.4, -0.2) is 55.2 Å². The predicted octanol–water partition coefficient (Wildman–Crippen LogP) is 6.04. The maximum Gasteiger partial charge on any atom is 0.387 e. The number of amides is 1. The van der Waals surface area contributed by atoms with Gasteiger partial charge in [-0.05, 0) is 93.0 Å². The van der Waals surface area contributed by atoms with E-state index in [1.807, 2.05) is 36.2 Å². The van der Waals surface area contributed by atoms with E-state index >= 15 is 0 Å². The van der Waals surface area contributed by atoms with E-state index in [0.29, 0.717) is 35.2 Å². The summed E-state index contributed by atoms with van der Waals surface area (Å²) in [5.74, 6) is -0.480. The lowest BCUT2D eigenvalue weighted by Gasteiger charge is -2.27. The number of benzene rings is 1. The van der Waals surface area contributed by atoms with Crippen molar-refractivity contribution in [3.8, 4) is 28.4 Å². The molecule has 3 atom stereocenters. The van der Waals surface area contributed by atoms with E-state index in [0.717, 1.165) is 71.8 Å². The lowest BCUT2D eigenvalue weighted by atomic mass is 10.1. The first-order chi connectivity index (χ1) is 21.2. The normalized spacial score (nSPS) is 21.3. The summed E-state index contributed by atoms with van der Waals surface area (Å²) in [6.45, 7) is 0.395. The molecule has 1 aliphatic heterocycles. The van der Waals surface area contributed by atoms with Crippen molar-refractivity contribution in [3.63, 3.8) is 0 Å². The summed E-state index contributed by atoms with van der Waals surface area (Å²) < 4.78 is 48.0. The number of piperidine rings is 1. The number of ether oxygens (including phenoxy) is 1. The summed E-state index contributed by atoms with van der Waals surface area (Å²) in [4.78, 5) is 20.3. The van der Waals surface area contributed by atoms with Gasteiger partial charge in [-0.1, -0.05) is 0 Å². The number of hydrogen-bond donors (Lipinski definition) is 1. The fourth-order valence-electron chi connectivity index (χ4n) is 7.07. The molecule has 5 aromatic rings. The van der Waals surface area contributed by atoms with Gasteiger partial charge in [0.25, 0.3) is 5.91 Å². The van der Waals surface area contributed by atoms with Gasteiger partial charge in [0.2, 0.25) is 0 Å². The molecule has 0 radical (unpaired) electrons. The number of likely N-dealkylation sites (tertiary alicyclic amines) is 1. The van der Waals surface area contributed by atoms with Crippen LogP contribution in [0.4, 0.5) is 13.2 Å². The number of carbonyl (C=O) groups is 1. The van der Waals surface area contributed by atoms with Crippen LogP contribution in [0.3, 0.4) is 0 Å². The average molecular weight is 601 g/mol. The lowest BCUT2D eigenvalue weighted by Crippen LogP contribution is -2.41. The molecule has 1 saturated heterocycles. The summed E-state index contributed by atoms with van der Waals surface area (Å²) in [5, 5.41) is 5.88. The fourth-order valence-corrected chi connectivity index (χ4v) is 7.07. The number of alkyl halides is 2. The summed E-state index contributed by atoms with van der Waals surface area (Å²) in [7, 11) is 0. The van der Waals surface area contributed by atoms with E-state index in [4.69, 9.17) is 15.8 Å². The van der Waals surface area contributed by atoms with Crippen LogP contribution in [0.15, 0.2) is 54.7 Å². The Hall–Kier alpha value is -4.38. The molecule has 0 spiro atoms. The second-order valence-electron chi connectivity index (χ2n) is 12.4. The van der Waals surface area contributed by atoms with Gasteiger partial charge in [-0.3, -0.25) is 4.79 Å². The molecule has 4 aromatic heterocycles. The van der Waals surface area contributed by atoms with Gasteiger partial charge in [-0.15, -0.1) is 0 Å². The molecule has 44 heavy (non-hydrogen) atoms. The standard InChI is InChI=1S/C33H31F3N6O2/c1-17-25-9-6-22(32(43)41-15-21-5-10-26(41)29(21)37)16-42(25)39-30(17)27-13-20-4-8-24(38-31(20)40(27)14-18-2-3-18)19-7-11-28(23(34)12-19)44-33(35)36/h4,6-9,11-13,16,18,21,26,29,33H,2-3,5,10,14-15,37H2,1H3/t21?,26?,29-/m1/s1. The number of aromatic nitrogens is 4. The Bertz CT molecular complexity index is 1950. The maximum atomic E-state index is 14.5. The second-order valence-corrected chi connectivity index (χ2v) is 12.4. The van der Waals surface area contributed by atoms with Crippen molar-refractivity contribution < 1.29 is 22.7 Å². The van der Waals surface area contributed by atoms with Gasteiger partial charge in [-0.2, -0.15) is 13.9 Å². The Morgan fingerprint density at radius 1 is 1.09 bits per heavy atom. The smallest absolute Gasteiger partial charge is 0.387 e. The third-order valence-electron chi connectivity index (χ3n) is 9.61. The zero-order valence-electron chi connectivity index (χ0n) is 24.1. The van der Waals surface area contributed by atoms with Crippen molar-refractivity contribution in [1.82, 2.24) is 24.1 Å². The van der Waals surface area contributed by atoms with Crippen LogP contribution >= 0.6 is 0 Å². The van der Waals surface area contributed by atoms with E-state index in [2.05, 4.69) is 15.4 Å². The number of nitrogens with two attached hydrogens (primary N) is 1. The Balaban J connectivity index is 1.17. The first-order valence-corrected chi connectivity index (χ1v) is 15.1. The van der Waals surface area contributed by atoms with Crippen LogP contribution in [0, 0.1) is 24.6 Å². The highest BCUT2D eigenvalue weighted by Gasteiger charge is 2.46. The van der Waals surface area contributed by atoms with Gasteiger partial charge in [0.15, 0.2) is 11.6 Å². The molecular weight excluding hydrogens is 569 g/mol. The number of fused-ring (bicyclic) bond motifs is 4. The topological polar surface area (TPSA) is 90.7 Å². The number of rotatable bonds is 7. The molecule has 1 amide bonds. The highest BCUT2D eigenvalue weighted by atomic mass is 19.3. The van der Waals surface area contributed by atoms with Gasteiger partial charge in [0, 0.05) is 47.9 Å². The lowest BCUT2D eigenvalue weighted by molar-refractivity contribution is -0.0521. The maximum absolute atomic E-state index is 14.5. The Morgan fingerprint density at radius 2 is 1.93 bits per heavy atom. The second kappa shape index (κ2) is 10.1. The molecule has 3 fully saturated rings. The number of halogens is 3. The molecule has 2 aliphatic carbocycles. The average Bonchev–Trinajstić information content (AvgIpc) is 3.42. The molecule has 2 bridgehead atoms. The molecule has 2 unspecified atom stereocenters. The van der Waals surface area contributed by atoms with Crippen LogP contribution in [0.5, 0.6) is 5.75 Å². The largest absolute Gasteiger partial charge is 0.432 e. The molecule has 8 rings (SSSR count). The molecule has 226 valence electrons. The summed E-state index contributed by atoms with van der Waals surface area (Å²) >= 11 is 0. The monoisotopic (exact) mass is 600 g/mol. The van der Waals surface area contributed by atoms with Gasteiger partial charge >= 0.3 is 6.61 Å². The van der Waals surface area contributed by atoms with Crippen LogP contribution in [0.1, 0.15) is 41.6 Å². The van der Waals surface area contributed by atoms with Crippen molar-refractivity contribution in [2.45, 2.75) is 57.8 Å². The number of nitrogens with zero attached hydrogens (tertiary/aromatic N) is 5. The molecule has 2 N–H and O–H groups in total. The Labute approximate surface area is 251 Å². The van der Waals surface area contributed by atoms with Crippen LogP contribution < -0.4 is 10.5 Å². The van der Waals surface area contributed by atoms with Crippen LogP contribution in [0.2, 0.25) is 0 Å². The van der Waals surface area contributed by atoms with Crippen molar-refractivity contribution in [1.29, 1.82) is 0 Å². The van der Waals surface area contributed by atoms with Crippen LogP contribution in [0.25, 0.3) is 39.2 Å². The minimum Gasteiger partial charge on any atom is -0.432 e. The van der Waals surface area contributed by atoms with Crippen molar-refractivity contribution in [2.75, 3.05) is 6.54 Å². The van der Waals surface area contributed by atoms with E-state index < -0.39 is 18.2 Å². The SMILES string of the molecule is Cc1c(-c2cc3ccc(-c4ccc(OC(F)F)c(F)c4)nc3n2CC2CC2)nn2cc(C(=O)N3CC4CCC3[C@@H]4N)ccc12. The third-order valence-corrected chi connectivity index (χ3v) is 9.61. The van der Waals surface area contributed by atoms with Crippen molar-refractivity contribution >= 4 is 22.5 Å². The van der Waals surface area contributed by atoms with Gasteiger partial charge in [0.1, 0.15) is 11.3 Å². The van der Waals surface area contributed by atoms with Crippen molar-refractivity contribution in [3.05, 3.63) is 71.7 Å². The fraction of sp³-hybridized carbons (Fsp3) is 0.364. The summed E-state index contributed by atoms with van der Waals surface area (Å²) in [5.41, 5.74) is 12.3. The molecule has 3 aliphatic rings. The summed E-state index contributed by atoms with van der Waals surface area (Å²) in [6.07, 6.45) is 6.12. The first-order valence-electron chi connectivity index (χ1n) is 15.1. The van der Waals surface area contributed by atoms with Crippen molar-refractivity contribution in [2.24, 2.45) is 17.6 Å². The van der Waals surface area contributed by atoms with E-state index in [1.165, 1.54) is 12.1 Å². The quantitative estimate of drug-likeness (QED) is 0.246. The Morgan fingerprint density at radius 3 is 2.64 bits per heavy atom. The minimum absolute atomic E-state index is 0.00549. The highest BCUT2D eigenvalue weighted by molar-refractivity contribution is 5.95. The molecule has 8 nitrogen and oxygen atoms in total.